The first-order valence-electron chi connectivity index (χ1n) is 9.83. The summed E-state index contributed by atoms with van der Waals surface area (Å²) in [5.74, 6) is 1.61. The maximum absolute atomic E-state index is 4.88. The van der Waals surface area contributed by atoms with Crippen LogP contribution < -0.4 is 0 Å². The zero-order valence-corrected chi connectivity index (χ0v) is 17.9. The molecular formula is C22H18N8S. The van der Waals surface area contributed by atoms with Gasteiger partial charge in [0.05, 0.1) is 29.3 Å². The molecule has 6 aromatic heterocycles. The number of rotatable bonds is 3. The molecule has 0 saturated carbocycles. The summed E-state index contributed by atoms with van der Waals surface area (Å²) in [4.78, 5) is 24.1. The van der Waals surface area contributed by atoms with Crippen LogP contribution in [0.3, 0.4) is 0 Å². The third-order valence-corrected chi connectivity index (χ3v) is 6.58. The van der Waals surface area contributed by atoms with Crippen LogP contribution in [-0.4, -0.2) is 39.7 Å². The van der Waals surface area contributed by atoms with Crippen molar-refractivity contribution in [2.45, 2.75) is 13.8 Å². The fourth-order valence-corrected chi connectivity index (χ4v) is 4.67. The van der Waals surface area contributed by atoms with Crippen LogP contribution in [0.25, 0.3) is 55.4 Å². The van der Waals surface area contributed by atoms with Gasteiger partial charge in [0, 0.05) is 33.9 Å². The highest BCUT2D eigenvalue weighted by Gasteiger charge is 2.18. The van der Waals surface area contributed by atoms with Gasteiger partial charge in [-0.3, -0.25) is 10.1 Å². The van der Waals surface area contributed by atoms with Gasteiger partial charge in [0.15, 0.2) is 11.5 Å². The number of fused-ring (bicyclic) bond motifs is 2. The predicted molar refractivity (Wildman–Crippen MR) is 122 cm³/mol. The Labute approximate surface area is 181 Å². The van der Waals surface area contributed by atoms with E-state index in [1.54, 1.807) is 17.5 Å². The molecule has 2 N–H and O–H groups in total. The van der Waals surface area contributed by atoms with E-state index in [1.807, 2.05) is 43.1 Å². The van der Waals surface area contributed by atoms with E-state index in [9.17, 15) is 0 Å². The zero-order chi connectivity index (χ0) is 21.1. The van der Waals surface area contributed by atoms with Gasteiger partial charge in [-0.25, -0.2) is 15.0 Å². The third kappa shape index (κ3) is 2.77. The van der Waals surface area contributed by atoms with Crippen molar-refractivity contribution in [3.05, 3.63) is 53.6 Å². The van der Waals surface area contributed by atoms with E-state index >= 15 is 0 Å². The lowest BCUT2D eigenvalue weighted by molar-refractivity contribution is 0.862. The minimum absolute atomic E-state index is 0.674. The molecule has 0 aromatic carbocycles. The number of nitrogens with one attached hydrogen (secondary N) is 2. The summed E-state index contributed by atoms with van der Waals surface area (Å²) >= 11 is 1.75. The van der Waals surface area contributed by atoms with Gasteiger partial charge in [-0.05, 0) is 38.1 Å². The first-order valence-corrected chi connectivity index (χ1v) is 10.6. The smallest absolute Gasteiger partial charge is 0.160 e. The fraction of sp³-hybridized carbons (Fsp3) is 0.136. The Kier molecular flexibility index (Phi) is 3.81. The quantitative estimate of drug-likeness (QED) is 0.429. The summed E-state index contributed by atoms with van der Waals surface area (Å²) in [6, 6.07) is 8.28. The SMILES string of the molecule is Cc1ccc(-c2ccnc3[nH]c(-c4n[nH]c5cnc(-c6cnc(C)n6C)cc45)nc23)s1. The first kappa shape index (κ1) is 18.0. The van der Waals surface area contributed by atoms with E-state index in [-0.39, 0.29) is 0 Å². The molecule has 6 aromatic rings. The number of thiophene rings is 1. The second kappa shape index (κ2) is 6.58. The normalized spacial score (nSPS) is 11.7. The minimum Gasteiger partial charge on any atom is -0.330 e. The van der Waals surface area contributed by atoms with E-state index in [4.69, 9.17) is 4.98 Å². The lowest BCUT2D eigenvalue weighted by Crippen LogP contribution is -1.95. The molecule has 0 atom stereocenters. The first-order chi connectivity index (χ1) is 15.1. The Morgan fingerprint density at radius 3 is 2.71 bits per heavy atom. The number of hydrogen-bond acceptors (Lipinski definition) is 6. The van der Waals surface area contributed by atoms with Crippen molar-refractivity contribution in [2.24, 2.45) is 7.05 Å². The van der Waals surface area contributed by atoms with Crippen molar-refractivity contribution in [3.63, 3.8) is 0 Å². The highest BCUT2D eigenvalue weighted by molar-refractivity contribution is 7.15. The van der Waals surface area contributed by atoms with Gasteiger partial charge in [0.25, 0.3) is 0 Å². The van der Waals surface area contributed by atoms with Gasteiger partial charge < -0.3 is 9.55 Å². The summed E-state index contributed by atoms with van der Waals surface area (Å²) in [6.45, 7) is 4.08. The Hall–Kier alpha value is -3.85. The van der Waals surface area contributed by atoms with Gasteiger partial charge in [-0.15, -0.1) is 11.3 Å². The van der Waals surface area contributed by atoms with Crippen LogP contribution in [0, 0.1) is 13.8 Å². The summed E-state index contributed by atoms with van der Waals surface area (Å²) in [6.07, 6.45) is 5.44. The standard InChI is InChI=1S/C22H18N8S/c1-11-4-5-18(31-11)13-6-7-23-21-19(13)26-22(27-21)20-14-8-15(25-9-16(14)28-29-20)17-10-24-12(2)30(17)3/h4-10H,1-3H3,(H,28,29)(H,23,26,27). The second-order valence-electron chi connectivity index (χ2n) is 7.49. The maximum atomic E-state index is 4.88. The third-order valence-electron chi connectivity index (χ3n) is 5.54. The summed E-state index contributed by atoms with van der Waals surface area (Å²) < 4.78 is 2.02. The highest BCUT2D eigenvalue weighted by Crippen LogP contribution is 2.34. The monoisotopic (exact) mass is 426 g/mol. The average molecular weight is 427 g/mol. The number of imidazole rings is 2. The number of aromatic amines is 2. The predicted octanol–water partition coefficient (Wildman–Crippen LogP) is 4.64. The maximum Gasteiger partial charge on any atom is 0.160 e. The van der Waals surface area contributed by atoms with Crippen LogP contribution in [0.15, 0.2) is 42.9 Å². The van der Waals surface area contributed by atoms with E-state index in [0.717, 1.165) is 50.5 Å². The van der Waals surface area contributed by atoms with Crippen LogP contribution in [0.2, 0.25) is 0 Å². The van der Waals surface area contributed by atoms with E-state index < -0.39 is 0 Å². The summed E-state index contributed by atoms with van der Waals surface area (Å²) in [5, 5.41) is 8.53. The molecule has 0 unspecified atom stereocenters. The van der Waals surface area contributed by atoms with Crippen molar-refractivity contribution >= 4 is 33.4 Å². The number of aromatic nitrogens is 8. The molecule has 0 aliphatic heterocycles. The minimum atomic E-state index is 0.674. The molecule has 0 radical (unpaired) electrons. The number of pyridine rings is 2. The Morgan fingerprint density at radius 2 is 1.94 bits per heavy atom. The van der Waals surface area contributed by atoms with E-state index in [0.29, 0.717) is 5.82 Å². The van der Waals surface area contributed by atoms with Crippen molar-refractivity contribution < 1.29 is 0 Å². The summed E-state index contributed by atoms with van der Waals surface area (Å²) in [5.41, 5.74) is 6.02. The molecule has 152 valence electrons. The Bertz CT molecular complexity index is 1580. The van der Waals surface area contributed by atoms with Crippen molar-refractivity contribution in [3.8, 4) is 33.3 Å². The van der Waals surface area contributed by atoms with Gasteiger partial charge in [-0.1, -0.05) is 0 Å². The van der Waals surface area contributed by atoms with Gasteiger partial charge >= 0.3 is 0 Å². The molecule has 0 aliphatic rings. The molecule has 0 spiro atoms. The van der Waals surface area contributed by atoms with E-state index in [2.05, 4.69) is 49.2 Å². The molecule has 31 heavy (non-hydrogen) atoms. The molecule has 0 amide bonds. The molecule has 0 fully saturated rings. The van der Waals surface area contributed by atoms with Crippen molar-refractivity contribution in [2.75, 3.05) is 0 Å². The molecule has 6 rings (SSSR count). The molecule has 0 bridgehead atoms. The van der Waals surface area contributed by atoms with Crippen LogP contribution in [-0.2, 0) is 7.05 Å². The molecular weight excluding hydrogens is 408 g/mol. The van der Waals surface area contributed by atoms with Crippen LogP contribution >= 0.6 is 11.3 Å². The molecule has 9 heteroatoms. The largest absolute Gasteiger partial charge is 0.330 e. The average Bonchev–Trinajstić information content (AvgIpc) is 3.54. The fourth-order valence-electron chi connectivity index (χ4n) is 3.78. The van der Waals surface area contributed by atoms with Gasteiger partial charge in [0.1, 0.15) is 17.0 Å². The van der Waals surface area contributed by atoms with Gasteiger partial charge in [-0.2, -0.15) is 5.10 Å². The van der Waals surface area contributed by atoms with Crippen LogP contribution in [0.1, 0.15) is 10.7 Å². The van der Waals surface area contributed by atoms with E-state index in [1.165, 1.54) is 9.75 Å². The van der Waals surface area contributed by atoms with Crippen molar-refractivity contribution in [1.82, 2.24) is 39.7 Å². The van der Waals surface area contributed by atoms with Crippen LogP contribution in [0.4, 0.5) is 0 Å². The van der Waals surface area contributed by atoms with Crippen molar-refractivity contribution in [1.29, 1.82) is 0 Å². The molecule has 6 heterocycles. The second-order valence-corrected chi connectivity index (χ2v) is 8.78. The lowest BCUT2D eigenvalue weighted by atomic mass is 10.2. The topological polar surface area (TPSA) is 101 Å². The molecule has 0 aliphatic carbocycles. The summed E-state index contributed by atoms with van der Waals surface area (Å²) in [7, 11) is 1.98. The Morgan fingerprint density at radius 1 is 1.03 bits per heavy atom. The molecule has 0 saturated heterocycles. The Balaban J connectivity index is 1.52. The van der Waals surface area contributed by atoms with Gasteiger partial charge in [0.2, 0.25) is 0 Å². The van der Waals surface area contributed by atoms with Crippen LogP contribution in [0.5, 0.6) is 0 Å². The molecule has 8 nitrogen and oxygen atoms in total. The highest BCUT2D eigenvalue weighted by atomic mass is 32.1. The lowest BCUT2D eigenvalue weighted by Gasteiger charge is -2.03. The zero-order valence-electron chi connectivity index (χ0n) is 17.1. The number of nitrogens with zero attached hydrogens (tertiary/aromatic N) is 6. The number of aryl methyl sites for hydroxylation is 2. The number of H-pyrrole nitrogens is 2. The number of hydrogen-bond donors (Lipinski definition) is 2.